The first kappa shape index (κ1) is 16.4. The maximum atomic E-state index is 12.5. The van der Waals surface area contributed by atoms with Gasteiger partial charge in [-0.25, -0.2) is 8.93 Å². The minimum Gasteiger partial charge on any atom is -0.469 e. The van der Waals surface area contributed by atoms with Crippen LogP contribution in [0.3, 0.4) is 0 Å². The molecule has 0 spiro atoms. The normalized spacial score (nSPS) is 13.4. The molecule has 0 aliphatic heterocycles. The van der Waals surface area contributed by atoms with E-state index in [1.165, 1.54) is 7.11 Å². The second-order valence-corrected chi connectivity index (χ2v) is 6.19. The maximum Gasteiger partial charge on any atom is 0.307 e. The fraction of sp³-hybridized carbons (Fsp3) is 0.235. The maximum absolute atomic E-state index is 12.5. The molecule has 0 radical (unpaired) electrons. The quantitative estimate of drug-likeness (QED) is 0.834. The number of esters is 1. The minimum absolute atomic E-state index is 0.123. The van der Waals surface area contributed by atoms with Gasteiger partial charge in [0.25, 0.3) is 0 Å². The summed E-state index contributed by atoms with van der Waals surface area (Å²) in [4.78, 5) is 12.3. The van der Waals surface area contributed by atoms with Crippen molar-refractivity contribution in [1.82, 2.24) is 4.72 Å². The van der Waals surface area contributed by atoms with Crippen molar-refractivity contribution >= 4 is 17.0 Å². The lowest BCUT2D eigenvalue weighted by Crippen LogP contribution is -2.26. The van der Waals surface area contributed by atoms with Gasteiger partial charge in [-0.1, -0.05) is 48.0 Å². The van der Waals surface area contributed by atoms with Gasteiger partial charge in [-0.15, -0.1) is 0 Å². The molecule has 2 aromatic carbocycles. The first-order valence-corrected chi connectivity index (χ1v) is 8.11. The molecule has 2 rings (SSSR count). The van der Waals surface area contributed by atoms with E-state index in [-0.39, 0.29) is 18.4 Å². The predicted octanol–water partition coefficient (Wildman–Crippen LogP) is 2.91. The molecule has 2 atom stereocenters. The van der Waals surface area contributed by atoms with Crippen LogP contribution in [-0.4, -0.2) is 17.3 Å². The number of carbonyl (C=O) groups excluding carboxylic acids is 1. The van der Waals surface area contributed by atoms with Crippen molar-refractivity contribution in [3.63, 3.8) is 0 Å². The Hall–Kier alpha value is -1.98. The number of carbonyl (C=O) groups is 1. The third-order valence-corrected chi connectivity index (χ3v) is 4.48. The van der Waals surface area contributed by atoms with Crippen LogP contribution in [0, 0.1) is 6.92 Å². The monoisotopic (exact) mass is 317 g/mol. The van der Waals surface area contributed by atoms with E-state index in [0.717, 1.165) is 11.1 Å². The van der Waals surface area contributed by atoms with Crippen molar-refractivity contribution in [2.24, 2.45) is 0 Å². The fourth-order valence-electron chi connectivity index (χ4n) is 2.02. The summed E-state index contributed by atoms with van der Waals surface area (Å²) in [5, 5.41) is 0. The van der Waals surface area contributed by atoms with E-state index >= 15 is 0 Å². The van der Waals surface area contributed by atoms with Gasteiger partial charge in [0, 0.05) is 0 Å². The first-order chi connectivity index (χ1) is 10.6. The molecule has 0 saturated heterocycles. The van der Waals surface area contributed by atoms with E-state index in [2.05, 4.69) is 4.72 Å². The average molecular weight is 317 g/mol. The number of nitrogens with one attached hydrogen (secondary N) is 1. The molecule has 0 aliphatic rings. The lowest BCUT2D eigenvalue weighted by Gasteiger charge is -2.17. The molecule has 116 valence electrons. The number of ether oxygens (including phenoxy) is 1. The molecule has 2 aromatic rings. The van der Waals surface area contributed by atoms with Crippen LogP contribution in [0.15, 0.2) is 59.5 Å². The third-order valence-electron chi connectivity index (χ3n) is 3.28. The Bertz CT molecular complexity index is 641. The summed E-state index contributed by atoms with van der Waals surface area (Å²) >= 11 is 0. The lowest BCUT2D eigenvalue weighted by atomic mass is 10.1. The lowest BCUT2D eigenvalue weighted by molar-refractivity contribution is -0.141. The van der Waals surface area contributed by atoms with Crippen LogP contribution in [0.4, 0.5) is 0 Å². The second-order valence-electron chi connectivity index (χ2n) is 4.94. The molecule has 0 amide bonds. The van der Waals surface area contributed by atoms with Crippen LogP contribution in [-0.2, 0) is 20.5 Å². The SMILES string of the molecule is COC(=O)C[C@@H](NS(=O)c1ccc(C)cc1)c1ccccc1. The highest BCUT2D eigenvalue weighted by Gasteiger charge is 2.19. The summed E-state index contributed by atoms with van der Waals surface area (Å²) in [6.45, 7) is 1.98. The summed E-state index contributed by atoms with van der Waals surface area (Å²) in [6, 6.07) is 16.6. The molecular formula is C17H19NO3S. The Morgan fingerprint density at radius 3 is 2.36 bits per heavy atom. The number of rotatable bonds is 6. The molecule has 4 nitrogen and oxygen atoms in total. The minimum atomic E-state index is -1.40. The van der Waals surface area contributed by atoms with E-state index in [4.69, 9.17) is 4.74 Å². The van der Waals surface area contributed by atoms with Gasteiger partial charge in [0.1, 0.15) is 11.0 Å². The van der Waals surface area contributed by atoms with Crippen LogP contribution >= 0.6 is 0 Å². The van der Waals surface area contributed by atoms with E-state index < -0.39 is 11.0 Å². The highest BCUT2D eigenvalue weighted by molar-refractivity contribution is 7.83. The van der Waals surface area contributed by atoms with Crippen molar-refractivity contribution in [3.8, 4) is 0 Å². The zero-order chi connectivity index (χ0) is 15.9. The number of methoxy groups -OCH3 is 1. The largest absolute Gasteiger partial charge is 0.469 e. The van der Waals surface area contributed by atoms with E-state index in [9.17, 15) is 9.00 Å². The summed E-state index contributed by atoms with van der Waals surface area (Å²) < 4.78 is 20.2. The van der Waals surface area contributed by atoms with Crippen molar-refractivity contribution in [2.75, 3.05) is 7.11 Å². The van der Waals surface area contributed by atoms with Gasteiger partial charge in [-0.3, -0.25) is 4.79 Å². The van der Waals surface area contributed by atoms with Crippen LogP contribution in [0.1, 0.15) is 23.6 Å². The predicted molar refractivity (Wildman–Crippen MR) is 86.5 cm³/mol. The summed E-state index contributed by atoms with van der Waals surface area (Å²) in [5.74, 6) is -0.345. The molecule has 0 bridgehead atoms. The zero-order valence-corrected chi connectivity index (χ0v) is 13.4. The Morgan fingerprint density at radius 1 is 1.14 bits per heavy atom. The van der Waals surface area contributed by atoms with Gasteiger partial charge in [-0.2, -0.15) is 0 Å². The van der Waals surface area contributed by atoms with Crippen molar-refractivity contribution in [2.45, 2.75) is 24.3 Å². The van der Waals surface area contributed by atoms with Crippen LogP contribution < -0.4 is 4.72 Å². The van der Waals surface area contributed by atoms with E-state index in [1.54, 1.807) is 0 Å². The molecule has 22 heavy (non-hydrogen) atoms. The first-order valence-electron chi connectivity index (χ1n) is 6.96. The van der Waals surface area contributed by atoms with Crippen LogP contribution in [0.25, 0.3) is 0 Å². The standard InChI is InChI=1S/C17H19NO3S/c1-13-8-10-15(11-9-13)22(20)18-16(12-17(19)21-2)14-6-4-3-5-7-14/h3-11,16,18H,12H2,1-2H3/t16-,22?/m1/s1. The van der Waals surface area contributed by atoms with Crippen LogP contribution in [0.5, 0.6) is 0 Å². The molecule has 0 saturated carbocycles. The average Bonchev–Trinajstić information content (AvgIpc) is 2.55. The van der Waals surface area contributed by atoms with Gasteiger partial charge in [0.05, 0.1) is 24.5 Å². The summed E-state index contributed by atoms with van der Waals surface area (Å²) in [7, 11) is -0.0499. The Balaban J connectivity index is 2.17. The van der Waals surface area contributed by atoms with Crippen LogP contribution in [0.2, 0.25) is 0 Å². The molecule has 0 aliphatic carbocycles. The number of hydrogen-bond acceptors (Lipinski definition) is 3. The number of aryl methyl sites for hydroxylation is 1. The van der Waals surface area contributed by atoms with Gasteiger partial charge < -0.3 is 4.74 Å². The molecule has 1 N–H and O–H groups in total. The number of hydrogen-bond donors (Lipinski definition) is 1. The zero-order valence-electron chi connectivity index (χ0n) is 12.6. The Morgan fingerprint density at radius 2 is 1.77 bits per heavy atom. The van der Waals surface area contributed by atoms with Crippen molar-refractivity contribution in [3.05, 3.63) is 65.7 Å². The topological polar surface area (TPSA) is 55.4 Å². The molecule has 0 heterocycles. The Kier molecular flexibility index (Phi) is 5.86. The summed E-state index contributed by atoms with van der Waals surface area (Å²) in [5.41, 5.74) is 2.00. The summed E-state index contributed by atoms with van der Waals surface area (Å²) in [6.07, 6.45) is 0.123. The Labute approximate surface area is 133 Å². The van der Waals surface area contributed by atoms with Gasteiger partial charge >= 0.3 is 5.97 Å². The van der Waals surface area contributed by atoms with Crippen molar-refractivity contribution in [1.29, 1.82) is 0 Å². The van der Waals surface area contributed by atoms with Gasteiger partial charge in [0.2, 0.25) is 0 Å². The van der Waals surface area contributed by atoms with Gasteiger partial charge in [0.15, 0.2) is 0 Å². The highest BCUT2D eigenvalue weighted by atomic mass is 32.2. The second kappa shape index (κ2) is 7.87. The molecule has 0 aromatic heterocycles. The molecule has 1 unspecified atom stereocenters. The number of benzene rings is 2. The van der Waals surface area contributed by atoms with E-state index in [0.29, 0.717) is 4.90 Å². The third kappa shape index (κ3) is 4.51. The molecule has 0 fully saturated rings. The highest BCUT2D eigenvalue weighted by Crippen LogP contribution is 2.19. The molecule has 5 heteroatoms. The van der Waals surface area contributed by atoms with E-state index in [1.807, 2.05) is 61.5 Å². The van der Waals surface area contributed by atoms with Gasteiger partial charge in [-0.05, 0) is 24.6 Å². The smallest absolute Gasteiger partial charge is 0.307 e. The van der Waals surface area contributed by atoms with Crippen molar-refractivity contribution < 1.29 is 13.7 Å². The molecular weight excluding hydrogens is 298 g/mol. The fourth-order valence-corrected chi connectivity index (χ4v) is 3.02.